The van der Waals surface area contributed by atoms with Gasteiger partial charge in [-0.15, -0.1) is 0 Å². The fourth-order valence-corrected chi connectivity index (χ4v) is 4.71. The van der Waals surface area contributed by atoms with Crippen LogP contribution in [0.15, 0.2) is 78.1 Å². The Morgan fingerprint density at radius 2 is 1.74 bits per heavy atom. The molecule has 0 spiro atoms. The molecule has 2 aromatic rings. The molecule has 0 fully saturated rings. The molecule has 0 aliphatic heterocycles. The number of methoxy groups -OCH3 is 1. The van der Waals surface area contributed by atoms with Gasteiger partial charge in [-0.1, -0.05) is 76.6 Å². The van der Waals surface area contributed by atoms with Crippen LogP contribution in [0.4, 0.5) is 5.69 Å². The number of rotatable bonds is 14. The summed E-state index contributed by atoms with van der Waals surface area (Å²) >= 11 is 0. The predicted octanol–water partition coefficient (Wildman–Crippen LogP) is 8.95. The van der Waals surface area contributed by atoms with E-state index in [9.17, 15) is 9.59 Å². The maximum Gasteiger partial charge on any atom is 0.255 e. The van der Waals surface area contributed by atoms with Crippen molar-refractivity contribution in [3.8, 4) is 0 Å². The van der Waals surface area contributed by atoms with E-state index in [4.69, 9.17) is 4.74 Å². The summed E-state index contributed by atoms with van der Waals surface area (Å²) in [6.07, 6.45) is 10.2. The lowest BCUT2D eigenvalue weighted by atomic mass is 9.91. The van der Waals surface area contributed by atoms with Crippen molar-refractivity contribution < 1.29 is 14.3 Å². The van der Waals surface area contributed by atoms with E-state index in [1.54, 1.807) is 7.11 Å². The number of carbonyl (C=O) groups excluding carboxylic acids is 2. The summed E-state index contributed by atoms with van der Waals surface area (Å²) in [4.78, 5) is 25.7. The topological polar surface area (TPSA) is 55.4 Å². The van der Waals surface area contributed by atoms with Gasteiger partial charge in [0, 0.05) is 29.5 Å². The molecule has 0 aromatic heterocycles. The van der Waals surface area contributed by atoms with E-state index in [0.717, 1.165) is 48.1 Å². The number of allylic oxidation sites excluding steroid dienone is 5. The highest BCUT2D eigenvalue weighted by Gasteiger charge is 2.18. The minimum atomic E-state index is -0.147. The van der Waals surface area contributed by atoms with Gasteiger partial charge < -0.3 is 10.1 Å². The van der Waals surface area contributed by atoms with E-state index in [1.807, 2.05) is 49.4 Å². The Morgan fingerprint density at radius 1 is 1.05 bits per heavy atom. The molecule has 4 heteroatoms. The SMILES string of the molecule is C=C(/C=C(\OC)C(C)(C)C)CC(=O)Cc1ccc(NC(=O)c2cccc(CCC/C(=C\C)CCC)c2C)cc1. The van der Waals surface area contributed by atoms with E-state index in [0.29, 0.717) is 17.7 Å². The van der Waals surface area contributed by atoms with E-state index < -0.39 is 0 Å². The maximum absolute atomic E-state index is 13.1. The lowest BCUT2D eigenvalue weighted by Gasteiger charge is -2.21. The van der Waals surface area contributed by atoms with Gasteiger partial charge in [-0.2, -0.15) is 0 Å². The molecule has 0 bridgehead atoms. The lowest BCUT2D eigenvalue weighted by Crippen LogP contribution is -2.14. The molecule has 39 heavy (non-hydrogen) atoms. The van der Waals surface area contributed by atoms with Crippen LogP contribution in [-0.4, -0.2) is 18.8 Å². The van der Waals surface area contributed by atoms with Crippen LogP contribution in [0, 0.1) is 12.3 Å². The van der Waals surface area contributed by atoms with Crippen molar-refractivity contribution >= 4 is 17.4 Å². The highest BCUT2D eigenvalue weighted by Crippen LogP contribution is 2.27. The monoisotopic (exact) mass is 529 g/mol. The largest absolute Gasteiger partial charge is 0.501 e. The molecular weight excluding hydrogens is 482 g/mol. The molecule has 0 saturated carbocycles. The Balaban J connectivity index is 1.96. The van der Waals surface area contributed by atoms with Crippen LogP contribution in [0.2, 0.25) is 0 Å². The zero-order chi connectivity index (χ0) is 29.0. The minimum Gasteiger partial charge on any atom is -0.501 e. The van der Waals surface area contributed by atoms with Gasteiger partial charge in [0.15, 0.2) is 0 Å². The van der Waals surface area contributed by atoms with E-state index in [1.165, 1.54) is 17.6 Å². The first kappa shape index (κ1) is 31.8. The average molecular weight is 530 g/mol. The van der Waals surface area contributed by atoms with Crippen LogP contribution in [-0.2, 0) is 22.4 Å². The Labute approximate surface area is 236 Å². The number of anilines is 1. The van der Waals surface area contributed by atoms with Crippen molar-refractivity contribution in [3.05, 3.63) is 100 Å². The molecule has 1 amide bonds. The van der Waals surface area contributed by atoms with Gasteiger partial charge in [-0.3, -0.25) is 9.59 Å². The maximum atomic E-state index is 13.1. The van der Waals surface area contributed by atoms with Gasteiger partial charge in [0.2, 0.25) is 0 Å². The number of nitrogens with one attached hydrogen (secondary N) is 1. The van der Waals surface area contributed by atoms with Crippen molar-refractivity contribution in [2.24, 2.45) is 5.41 Å². The van der Waals surface area contributed by atoms with Crippen LogP contribution in [0.1, 0.15) is 93.8 Å². The summed E-state index contributed by atoms with van der Waals surface area (Å²) in [5.74, 6) is 0.770. The van der Waals surface area contributed by atoms with E-state index in [2.05, 4.69) is 58.7 Å². The standard InChI is InChI=1S/C35H47NO3/c1-9-13-27(10-2)14-11-15-29-16-12-17-32(26(29)4)34(38)36-30-20-18-28(19-21-30)24-31(37)22-25(3)23-33(39-8)35(5,6)7/h10,12,16-21,23H,3,9,11,13-15,22,24H2,1-2,4-8H3,(H,36,38)/b27-10-,33-23-. The molecule has 1 N–H and O–H groups in total. The van der Waals surface area contributed by atoms with Gasteiger partial charge >= 0.3 is 0 Å². The Morgan fingerprint density at radius 3 is 2.33 bits per heavy atom. The third-order valence-corrected chi connectivity index (χ3v) is 6.95. The Kier molecular flexibility index (Phi) is 12.4. The van der Waals surface area contributed by atoms with Crippen molar-refractivity contribution in [2.75, 3.05) is 12.4 Å². The molecule has 2 aromatic carbocycles. The molecule has 0 saturated heterocycles. The van der Waals surface area contributed by atoms with Crippen molar-refractivity contribution in [1.29, 1.82) is 0 Å². The molecular formula is C35H47NO3. The van der Waals surface area contributed by atoms with Gasteiger partial charge in [-0.05, 0) is 86.1 Å². The zero-order valence-corrected chi connectivity index (χ0v) is 25.1. The second-order valence-electron chi connectivity index (χ2n) is 11.3. The average Bonchev–Trinajstić information content (AvgIpc) is 2.88. The zero-order valence-electron chi connectivity index (χ0n) is 25.1. The van der Waals surface area contributed by atoms with Crippen molar-refractivity contribution in [3.63, 3.8) is 0 Å². The molecule has 0 radical (unpaired) electrons. The molecule has 0 atom stereocenters. The fraction of sp³-hybridized carbons (Fsp3) is 0.429. The highest BCUT2D eigenvalue weighted by atomic mass is 16.5. The van der Waals surface area contributed by atoms with Crippen LogP contribution in [0.5, 0.6) is 0 Å². The van der Waals surface area contributed by atoms with Crippen LogP contribution >= 0.6 is 0 Å². The second-order valence-corrected chi connectivity index (χ2v) is 11.3. The number of amides is 1. The first-order valence-corrected chi connectivity index (χ1v) is 14.1. The molecule has 0 unspecified atom stereocenters. The summed E-state index contributed by atoms with van der Waals surface area (Å²) in [7, 11) is 1.64. The number of ether oxygens (including phenoxy) is 1. The Bertz CT molecular complexity index is 1190. The van der Waals surface area contributed by atoms with Gasteiger partial charge in [-0.25, -0.2) is 0 Å². The van der Waals surface area contributed by atoms with Gasteiger partial charge in [0.1, 0.15) is 11.5 Å². The number of Topliss-reactive ketones (excluding diaryl/α,β-unsaturated/α-hetero) is 1. The van der Waals surface area contributed by atoms with E-state index >= 15 is 0 Å². The van der Waals surface area contributed by atoms with Crippen molar-refractivity contribution in [1.82, 2.24) is 0 Å². The predicted molar refractivity (Wildman–Crippen MR) is 164 cm³/mol. The number of ketones is 1. The second kappa shape index (κ2) is 15.3. The first-order valence-electron chi connectivity index (χ1n) is 14.1. The van der Waals surface area contributed by atoms with E-state index in [-0.39, 0.29) is 23.5 Å². The number of aryl methyl sites for hydroxylation is 1. The minimum absolute atomic E-state index is 0.0843. The Hall–Kier alpha value is -3.40. The summed E-state index contributed by atoms with van der Waals surface area (Å²) in [5.41, 5.74) is 6.66. The molecule has 0 aliphatic carbocycles. The number of hydrogen-bond acceptors (Lipinski definition) is 3. The normalized spacial score (nSPS) is 12.3. The number of carbonyl (C=O) groups is 2. The van der Waals surface area contributed by atoms with Crippen LogP contribution < -0.4 is 5.32 Å². The lowest BCUT2D eigenvalue weighted by molar-refractivity contribution is -0.117. The smallest absolute Gasteiger partial charge is 0.255 e. The summed E-state index contributed by atoms with van der Waals surface area (Å²) in [6, 6.07) is 13.4. The summed E-state index contributed by atoms with van der Waals surface area (Å²) in [6.45, 7) is 16.6. The summed E-state index contributed by atoms with van der Waals surface area (Å²) in [5, 5.41) is 3.01. The molecule has 0 aliphatic rings. The molecule has 4 nitrogen and oxygen atoms in total. The van der Waals surface area contributed by atoms with Crippen LogP contribution in [0.3, 0.4) is 0 Å². The third kappa shape index (κ3) is 10.4. The molecule has 210 valence electrons. The highest BCUT2D eigenvalue weighted by molar-refractivity contribution is 6.05. The van der Waals surface area contributed by atoms with Crippen molar-refractivity contribution in [2.45, 2.75) is 86.5 Å². The first-order chi connectivity index (χ1) is 18.5. The number of benzene rings is 2. The summed E-state index contributed by atoms with van der Waals surface area (Å²) < 4.78 is 5.47. The van der Waals surface area contributed by atoms with Gasteiger partial charge in [0.05, 0.1) is 7.11 Å². The fourth-order valence-electron chi connectivity index (χ4n) is 4.71. The molecule has 2 rings (SSSR count). The number of hydrogen-bond donors (Lipinski definition) is 1. The quantitative estimate of drug-likeness (QED) is 0.151. The molecule has 0 heterocycles. The third-order valence-electron chi connectivity index (χ3n) is 6.95. The van der Waals surface area contributed by atoms with Gasteiger partial charge in [0.25, 0.3) is 5.91 Å². The van der Waals surface area contributed by atoms with Crippen LogP contribution in [0.25, 0.3) is 0 Å².